The van der Waals surface area contributed by atoms with E-state index in [1.165, 1.54) is 31.2 Å². The van der Waals surface area contributed by atoms with Crippen LogP contribution in [0.5, 0.6) is 11.6 Å². The van der Waals surface area contributed by atoms with E-state index in [0.29, 0.717) is 11.1 Å². The minimum atomic E-state index is -4.91. The molecule has 4 rings (SSSR count). The molecule has 1 aliphatic carbocycles. The molecule has 202 valence electrons. The zero-order valence-corrected chi connectivity index (χ0v) is 21.8. The molecule has 0 saturated heterocycles. The maximum atomic E-state index is 15.2. The quantitative estimate of drug-likeness (QED) is 0.363. The van der Waals surface area contributed by atoms with Gasteiger partial charge in [-0.15, -0.1) is 10.2 Å². The van der Waals surface area contributed by atoms with Crippen molar-refractivity contribution in [1.82, 2.24) is 10.2 Å². The number of alkyl halides is 3. The maximum Gasteiger partial charge on any atom is 0.435 e. The van der Waals surface area contributed by atoms with E-state index in [4.69, 9.17) is 4.74 Å². The van der Waals surface area contributed by atoms with Crippen molar-refractivity contribution in [2.24, 2.45) is 0 Å². The number of rotatable bonds is 6. The number of aromatic nitrogens is 2. The van der Waals surface area contributed by atoms with Crippen LogP contribution < -0.4 is 10.1 Å². The largest absolute Gasteiger partial charge is 0.436 e. The molecule has 1 N–H and O–H groups in total. The molecule has 0 unspecified atom stereocenters. The van der Waals surface area contributed by atoms with Crippen LogP contribution in [0.3, 0.4) is 0 Å². The second kappa shape index (κ2) is 9.97. The van der Waals surface area contributed by atoms with Gasteiger partial charge < -0.3 is 10.1 Å². The van der Waals surface area contributed by atoms with Crippen LogP contribution in [0.1, 0.15) is 63.5 Å². The number of hydrogen-bond acceptors (Lipinski definition) is 6. The zero-order chi connectivity index (χ0) is 28.0. The Morgan fingerprint density at radius 2 is 1.76 bits per heavy atom. The molecule has 12 heteroatoms. The van der Waals surface area contributed by atoms with Gasteiger partial charge >= 0.3 is 6.18 Å². The molecule has 1 saturated carbocycles. The molecule has 0 atom stereocenters. The van der Waals surface area contributed by atoms with Gasteiger partial charge in [0.2, 0.25) is 0 Å². The van der Waals surface area contributed by atoms with Gasteiger partial charge in [-0.3, -0.25) is 4.79 Å². The van der Waals surface area contributed by atoms with Crippen molar-refractivity contribution in [2.75, 3.05) is 11.6 Å². The number of sulfone groups is 1. The van der Waals surface area contributed by atoms with Gasteiger partial charge in [-0.2, -0.15) is 13.2 Å². The van der Waals surface area contributed by atoms with Crippen molar-refractivity contribution >= 4 is 21.4 Å². The Morgan fingerprint density at radius 3 is 2.34 bits per heavy atom. The normalized spacial score (nSPS) is 14.2. The highest BCUT2D eigenvalue weighted by Gasteiger charge is 2.38. The number of ether oxygens (including phenoxy) is 1. The van der Waals surface area contributed by atoms with Gasteiger partial charge in [-0.05, 0) is 80.5 Å². The monoisotopic (exact) mass is 551 g/mol. The number of nitrogens with one attached hydrogen (secondary N) is 1. The highest BCUT2D eigenvalue weighted by Crippen LogP contribution is 2.42. The third-order valence-corrected chi connectivity index (χ3v) is 7.71. The number of hydrogen-bond donors (Lipinski definition) is 1. The molecular weight excluding hydrogens is 526 g/mol. The summed E-state index contributed by atoms with van der Waals surface area (Å²) in [4.78, 5) is 13.2. The predicted octanol–water partition coefficient (Wildman–Crippen LogP) is 6.28. The Morgan fingerprint density at radius 1 is 1.08 bits per heavy atom. The number of aryl methyl sites for hydroxylation is 1. The fourth-order valence-corrected chi connectivity index (χ4v) is 5.02. The first-order chi connectivity index (χ1) is 17.7. The van der Waals surface area contributed by atoms with Crippen LogP contribution in [0.25, 0.3) is 0 Å². The summed E-state index contributed by atoms with van der Waals surface area (Å²) >= 11 is 0. The van der Waals surface area contributed by atoms with E-state index in [0.717, 1.165) is 32.4 Å². The maximum absolute atomic E-state index is 15.2. The lowest BCUT2D eigenvalue weighted by molar-refractivity contribution is -0.142. The third-order valence-electron chi connectivity index (χ3n) is 6.60. The first-order valence-corrected chi connectivity index (χ1v) is 13.6. The summed E-state index contributed by atoms with van der Waals surface area (Å²) in [6.45, 7) is 4.21. The van der Waals surface area contributed by atoms with Crippen molar-refractivity contribution in [2.45, 2.75) is 57.0 Å². The number of carbonyl (C=O) groups is 1. The Kier molecular flexibility index (Phi) is 7.21. The van der Waals surface area contributed by atoms with E-state index in [9.17, 15) is 26.4 Å². The van der Waals surface area contributed by atoms with Crippen molar-refractivity contribution in [3.8, 4) is 11.6 Å². The van der Waals surface area contributed by atoms with Crippen LogP contribution in [-0.2, 0) is 16.0 Å². The predicted molar refractivity (Wildman–Crippen MR) is 132 cm³/mol. The summed E-state index contributed by atoms with van der Waals surface area (Å²) in [5.41, 5.74) is -1.27. The van der Waals surface area contributed by atoms with Crippen LogP contribution in [0.4, 0.5) is 23.2 Å². The Hall–Kier alpha value is -3.54. The fourth-order valence-electron chi connectivity index (χ4n) is 4.35. The lowest BCUT2D eigenvalue weighted by atomic mass is 9.78. The zero-order valence-electron chi connectivity index (χ0n) is 21.0. The number of carbonyl (C=O) groups excluding carboxylic acids is 1. The molecule has 0 radical (unpaired) electrons. The van der Waals surface area contributed by atoms with E-state index < -0.39 is 50.4 Å². The Bertz CT molecular complexity index is 1530. The summed E-state index contributed by atoms with van der Waals surface area (Å²) in [6, 6.07) is 6.88. The summed E-state index contributed by atoms with van der Waals surface area (Å²) in [5.74, 6) is -1.94. The number of halogens is 4. The van der Waals surface area contributed by atoms with Gasteiger partial charge in [-0.1, -0.05) is 12.5 Å². The molecule has 7 nitrogen and oxygen atoms in total. The van der Waals surface area contributed by atoms with Crippen molar-refractivity contribution in [3.05, 3.63) is 69.7 Å². The molecular formula is C26H25F4N3O4S. The van der Waals surface area contributed by atoms with Gasteiger partial charge in [0.1, 0.15) is 17.1 Å². The van der Waals surface area contributed by atoms with Crippen LogP contribution >= 0.6 is 0 Å². The fraction of sp³-hybridized carbons (Fsp3) is 0.346. The summed E-state index contributed by atoms with van der Waals surface area (Å²) in [5, 5.41) is 9.19. The minimum Gasteiger partial charge on any atom is -0.436 e. The minimum absolute atomic E-state index is 0.0205. The van der Waals surface area contributed by atoms with Gasteiger partial charge in [0.25, 0.3) is 11.8 Å². The van der Waals surface area contributed by atoms with Crippen molar-refractivity contribution < 1.29 is 35.5 Å². The summed E-state index contributed by atoms with van der Waals surface area (Å²) < 4.78 is 85.6. The molecule has 1 amide bonds. The van der Waals surface area contributed by atoms with Gasteiger partial charge in [-0.25, -0.2) is 12.8 Å². The topological polar surface area (TPSA) is 98.2 Å². The van der Waals surface area contributed by atoms with Crippen LogP contribution in [0, 0.1) is 26.6 Å². The lowest BCUT2D eigenvalue weighted by Crippen LogP contribution is -2.21. The smallest absolute Gasteiger partial charge is 0.435 e. The molecule has 0 spiro atoms. The van der Waals surface area contributed by atoms with Crippen molar-refractivity contribution in [1.29, 1.82) is 0 Å². The van der Waals surface area contributed by atoms with Crippen LogP contribution in [0.2, 0.25) is 0 Å². The molecule has 1 aromatic heterocycles. The Balaban J connectivity index is 1.78. The molecule has 3 aromatic rings. The average Bonchev–Trinajstić information content (AvgIpc) is 2.77. The summed E-state index contributed by atoms with van der Waals surface area (Å²) in [7, 11) is -3.61. The molecule has 1 fully saturated rings. The van der Waals surface area contributed by atoms with Gasteiger partial charge in [0, 0.05) is 17.5 Å². The lowest BCUT2D eigenvalue weighted by Gasteiger charge is -2.28. The van der Waals surface area contributed by atoms with E-state index >= 15 is 4.39 Å². The van der Waals surface area contributed by atoms with Crippen molar-refractivity contribution in [3.63, 3.8) is 0 Å². The Labute approximate surface area is 217 Å². The highest BCUT2D eigenvalue weighted by molar-refractivity contribution is 7.90. The second-order valence-electron chi connectivity index (χ2n) is 9.39. The highest BCUT2D eigenvalue weighted by atomic mass is 32.2. The van der Waals surface area contributed by atoms with E-state index in [1.807, 2.05) is 0 Å². The molecule has 2 aromatic carbocycles. The number of benzene rings is 2. The van der Waals surface area contributed by atoms with Gasteiger partial charge in [0.15, 0.2) is 15.5 Å². The first kappa shape index (κ1) is 27.5. The molecule has 0 bridgehead atoms. The standard InChI is InChI=1S/C26H25F4N3O4S/c1-13-11-19(16-7-5-8-16)21(27)15(3)22(13)37-25-20(14(2)23(32-33-25)26(28,29)30)24(34)31-17-9-6-10-18(12-17)38(4,35)36/h6,9-12,16H,5,7-8H2,1-4H3,(H,31,34). The second-order valence-corrected chi connectivity index (χ2v) is 11.4. The molecule has 0 aliphatic heterocycles. The van der Waals surface area contributed by atoms with E-state index in [-0.39, 0.29) is 27.8 Å². The summed E-state index contributed by atoms with van der Waals surface area (Å²) in [6.07, 6.45) is -1.20. The molecule has 38 heavy (non-hydrogen) atoms. The molecule has 1 heterocycles. The SMILES string of the molecule is Cc1cc(C2CCC2)c(F)c(C)c1Oc1nnc(C(F)(F)F)c(C)c1C(=O)Nc1cccc(S(C)(=O)=O)c1. The van der Waals surface area contributed by atoms with E-state index in [1.54, 1.807) is 13.0 Å². The molecule has 1 aliphatic rings. The number of amides is 1. The number of anilines is 1. The average molecular weight is 552 g/mol. The third kappa shape index (κ3) is 5.35. The van der Waals surface area contributed by atoms with Crippen LogP contribution in [-0.4, -0.2) is 30.8 Å². The first-order valence-electron chi connectivity index (χ1n) is 11.7. The van der Waals surface area contributed by atoms with E-state index in [2.05, 4.69) is 15.5 Å². The van der Waals surface area contributed by atoms with Gasteiger partial charge in [0.05, 0.1) is 4.90 Å². The number of nitrogens with zero attached hydrogens (tertiary/aromatic N) is 2. The van der Waals surface area contributed by atoms with Crippen LogP contribution in [0.15, 0.2) is 35.2 Å².